The quantitative estimate of drug-likeness (QED) is 0.482. The normalized spacial score (nSPS) is 14.6. The van der Waals surface area contributed by atoms with Crippen LogP contribution in [0.5, 0.6) is 0 Å². The van der Waals surface area contributed by atoms with Crippen molar-refractivity contribution < 1.29 is 4.92 Å². The molecule has 0 radical (unpaired) electrons. The van der Waals surface area contributed by atoms with Crippen LogP contribution in [-0.2, 0) is 0 Å². The van der Waals surface area contributed by atoms with Gasteiger partial charge in [-0.25, -0.2) is 9.97 Å². The number of anilines is 2. The summed E-state index contributed by atoms with van der Waals surface area (Å²) in [5.74, 6) is 0.725. The molecule has 0 bridgehead atoms. The number of benzene rings is 2. The van der Waals surface area contributed by atoms with E-state index in [0.29, 0.717) is 10.7 Å². The third-order valence-corrected chi connectivity index (χ3v) is 5.28. The predicted octanol–water partition coefficient (Wildman–Crippen LogP) is 4.79. The molecule has 2 heterocycles. The lowest BCUT2D eigenvalue weighted by Crippen LogP contribution is -2.40. The lowest BCUT2D eigenvalue weighted by molar-refractivity contribution is -0.383. The average molecular weight is 410 g/mol. The van der Waals surface area contributed by atoms with Gasteiger partial charge >= 0.3 is 0 Å². The first-order valence-corrected chi connectivity index (χ1v) is 9.81. The number of nitrogens with zero attached hydrogens (tertiary/aromatic N) is 4. The summed E-state index contributed by atoms with van der Waals surface area (Å²) in [5.41, 5.74) is 2.22. The Balaban J connectivity index is 1.48. The second-order valence-electron chi connectivity index (χ2n) is 6.95. The number of piperidine rings is 1. The lowest BCUT2D eigenvalue weighted by Gasteiger charge is -2.32. The molecular weight excluding hydrogens is 390 g/mol. The van der Waals surface area contributed by atoms with Gasteiger partial charge in [-0.3, -0.25) is 10.1 Å². The van der Waals surface area contributed by atoms with Gasteiger partial charge in [0, 0.05) is 42.6 Å². The molecule has 8 heteroatoms. The van der Waals surface area contributed by atoms with E-state index in [1.807, 2.05) is 18.2 Å². The fraction of sp³-hybridized carbons (Fsp3) is 0.238. The number of nitro benzene ring substituents is 1. The third kappa shape index (κ3) is 4.46. The first-order chi connectivity index (χ1) is 14.1. The fourth-order valence-electron chi connectivity index (χ4n) is 3.55. The molecule has 1 aliphatic rings. The Hall–Kier alpha value is -3.19. The Morgan fingerprint density at radius 3 is 2.45 bits per heavy atom. The van der Waals surface area contributed by atoms with Crippen molar-refractivity contribution in [2.24, 2.45) is 0 Å². The van der Waals surface area contributed by atoms with Gasteiger partial charge in [0.05, 0.1) is 4.92 Å². The molecule has 148 valence electrons. The summed E-state index contributed by atoms with van der Waals surface area (Å²) >= 11 is 6.05. The zero-order valence-electron chi connectivity index (χ0n) is 15.7. The van der Waals surface area contributed by atoms with E-state index in [-0.39, 0.29) is 16.7 Å². The van der Waals surface area contributed by atoms with Crippen LogP contribution in [0.15, 0.2) is 60.9 Å². The van der Waals surface area contributed by atoms with Crippen LogP contribution in [0.4, 0.5) is 17.3 Å². The van der Waals surface area contributed by atoms with Gasteiger partial charge in [-0.2, -0.15) is 0 Å². The molecule has 29 heavy (non-hydrogen) atoms. The molecule has 1 fully saturated rings. The van der Waals surface area contributed by atoms with Gasteiger partial charge in [0.1, 0.15) is 5.69 Å². The van der Waals surface area contributed by atoms with Crippen LogP contribution in [0.25, 0.3) is 11.1 Å². The minimum Gasteiger partial charge on any atom is -0.377 e. The van der Waals surface area contributed by atoms with Gasteiger partial charge in [-0.15, -0.1) is 0 Å². The molecule has 0 unspecified atom stereocenters. The van der Waals surface area contributed by atoms with E-state index in [1.165, 1.54) is 0 Å². The van der Waals surface area contributed by atoms with Crippen molar-refractivity contribution in [2.75, 3.05) is 23.3 Å². The Morgan fingerprint density at radius 1 is 1.03 bits per heavy atom. The highest BCUT2D eigenvalue weighted by molar-refractivity contribution is 6.30. The zero-order chi connectivity index (χ0) is 20.2. The summed E-state index contributed by atoms with van der Waals surface area (Å²) in [4.78, 5) is 22.0. The highest BCUT2D eigenvalue weighted by Gasteiger charge is 2.23. The molecule has 7 nitrogen and oxygen atoms in total. The second kappa shape index (κ2) is 8.45. The lowest BCUT2D eigenvalue weighted by atomic mass is 10.0. The van der Waals surface area contributed by atoms with E-state index in [9.17, 15) is 10.1 Å². The van der Waals surface area contributed by atoms with Crippen molar-refractivity contribution in [3.63, 3.8) is 0 Å². The van der Waals surface area contributed by atoms with Crippen molar-refractivity contribution in [1.82, 2.24) is 9.97 Å². The van der Waals surface area contributed by atoms with E-state index >= 15 is 0 Å². The van der Waals surface area contributed by atoms with Gasteiger partial charge in [0.15, 0.2) is 0 Å². The van der Waals surface area contributed by atoms with Crippen LogP contribution in [0.2, 0.25) is 5.02 Å². The monoisotopic (exact) mass is 409 g/mol. The van der Waals surface area contributed by atoms with Gasteiger partial charge in [0.25, 0.3) is 5.69 Å². The predicted molar refractivity (Wildman–Crippen MR) is 114 cm³/mol. The maximum absolute atomic E-state index is 11.7. The standard InChI is InChI=1S/C21H20ClN5O2/c22-17-4-1-3-15(13-17)16-5-6-19(20(14-16)27(28)29)25-18-7-11-26(12-8-18)21-23-9-2-10-24-21/h1-6,9-10,13-14,18,25H,7-8,11-12H2. The number of rotatable bonds is 5. The molecule has 1 aliphatic heterocycles. The number of halogens is 1. The summed E-state index contributed by atoms with van der Waals surface area (Å²) in [7, 11) is 0. The minimum atomic E-state index is -0.344. The van der Waals surface area contributed by atoms with E-state index in [4.69, 9.17) is 11.6 Å². The zero-order valence-corrected chi connectivity index (χ0v) is 16.4. The largest absolute Gasteiger partial charge is 0.377 e. The maximum Gasteiger partial charge on any atom is 0.292 e. The Kier molecular flexibility index (Phi) is 5.57. The first kappa shape index (κ1) is 19.1. The van der Waals surface area contributed by atoms with Crippen molar-refractivity contribution >= 4 is 28.9 Å². The average Bonchev–Trinajstić information content (AvgIpc) is 2.75. The maximum atomic E-state index is 11.7. The summed E-state index contributed by atoms with van der Waals surface area (Å²) < 4.78 is 0. The first-order valence-electron chi connectivity index (χ1n) is 9.43. The van der Waals surface area contributed by atoms with E-state index in [0.717, 1.165) is 43.0 Å². The number of nitro groups is 1. The van der Waals surface area contributed by atoms with Crippen LogP contribution in [0, 0.1) is 10.1 Å². The van der Waals surface area contributed by atoms with Crippen LogP contribution < -0.4 is 10.2 Å². The molecule has 2 aromatic carbocycles. The van der Waals surface area contributed by atoms with Crippen LogP contribution in [0.1, 0.15) is 12.8 Å². The van der Waals surface area contributed by atoms with Gasteiger partial charge in [0.2, 0.25) is 5.95 Å². The summed E-state index contributed by atoms with van der Waals surface area (Å²) in [6, 6.07) is 14.5. The smallest absolute Gasteiger partial charge is 0.292 e. The summed E-state index contributed by atoms with van der Waals surface area (Å²) in [6.45, 7) is 1.60. The highest BCUT2D eigenvalue weighted by Crippen LogP contribution is 2.33. The molecule has 3 aromatic rings. The molecular formula is C21H20ClN5O2. The molecule has 0 atom stereocenters. The van der Waals surface area contributed by atoms with Gasteiger partial charge < -0.3 is 10.2 Å². The molecule has 1 aromatic heterocycles. The van der Waals surface area contributed by atoms with Crippen LogP contribution >= 0.6 is 11.6 Å². The van der Waals surface area contributed by atoms with E-state index in [1.54, 1.807) is 42.7 Å². The summed E-state index contributed by atoms with van der Waals surface area (Å²) in [6.07, 6.45) is 5.17. The van der Waals surface area contributed by atoms with Crippen molar-refractivity contribution in [3.05, 3.63) is 76.1 Å². The molecule has 0 aliphatic carbocycles. The molecule has 4 rings (SSSR count). The number of hydrogen-bond acceptors (Lipinski definition) is 6. The van der Waals surface area contributed by atoms with Crippen LogP contribution in [0.3, 0.4) is 0 Å². The Morgan fingerprint density at radius 2 is 1.76 bits per heavy atom. The number of hydrogen-bond donors (Lipinski definition) is 1. The fourth-order valence-corrected chi connectivity index (χ4v) is 3.74. The Labute approximate surface area is 173 Å². The minimum absolute atomic E-state index is 0.0660. The topological polar surface area (TPSA) is 84.2 Å². The van der Waals surface area contributed by atoms with Crippen molar-refractivity contribution in [2.45, 2.75) is 18.9 Å². The molecule has 0 saturated carbocycles. The van der Waals surface area contributed by atoms with Gasteiger partial charge in [-0.05, 0) is 48.2 Å². The van der Waals surface area contributed by atoms with Crippen molar-refractivity contribution in [1.29, 1.82) is 0 Å². The molecule has 1 saturated heterocycles. The molecule has 0 amide bonds. The second-order valence-corrected chi connectivity index (χ2v) is 7.39. The van der Waals surface area contributed by atoms with E-state index < -0.39 is 0 Å². The van der Waals surface area contributed by atoms with Crippen LogP contribution in [-0.4, -0.2) is 34.0 Å². The highest BCUT2D eigenvalue weighted by atomic mass is 35.5. The van der Waals surface area contributed by atoms with Gasteiger partial charge in [-0.1, -0.05) is 29.8 Å². The number of nitrogens with one attached hydrogen (secondary N) is 1. The molecule has 0 spiro atoms. The third-order valence-electron chi connectivity index (χ3n) is 5.04. The Bertz CT molecular complexity index is 1010. The van der Waals surface area contributed by atoms with E-state index in [2.05, 4.69) is 20.2 Å². The molecule has 1 N–H and O–H groups in total. The SMILES string of the molecule is O=[N+]([O-])c1cc(-c2cccc(Cl)c2)ccc1NC1CCN(c2ncccn2)CC1. The van der Waals surface area contributed by atoms with Crippen molar-refractivity contribution in [3.8, 4) is 11.1 Å². The summed E-state index contributed by atoms with van der Waals surface area (Å²) in [5, 5.41) is 15.6. The number of aromatic nitrogens is 2.